The number of hydrogen-bond donors (Lipinski definition) is 5. The number of carboxylic acids is 1. The summed E-state index contributed by atoms with van der Waals surface area (Å²) in [5, 5.41) is 40.3. The van der Waals surface area contributed by atoms with Gasteiger partial charge < -0.3 is 30.9 Å². The van der Waals surface area contributed by atoms with E-state index in [1.165, 1.54) is 29.0 Å². The van der Waals surface area contributed by atoms with Gasteiger partial charge in [-0.3, -0.25) is 4.57 Å². The minimum absolute atomic E-state index is 0.124. The molecule has 0 bridgehead atoms. The molecule has 1 aliphatic heterocycles. The molecule has 0 spiro atoms. The number of aromatic hydroxyl groups is 1. The minimum atomic E-state index is -1.21. The maximum absolute atomic E-state index is 11.7. The number of phenols is 1. The molecule has 11 nitrogen and oxygen atoms in total. The molecule has 36 heavy (non-hydrogen) atoms. The van der Waals surface area contributed by atoms with Crippen LogP contribution in [0.25, 0.3) is 22.3 Å². The standard InChI is InChI=1S/C24H23N5O6S/c25-21-18-22(27-10-26-21)29(11-28-18)23-20(32)19(31)17(35-23)9-36-8-12-5-14(7-15(6-12)24(33)34)13-1-3-16(30)4-2-13/h1-7,10-11,17,19-20,23,30-32H,8-9H2,(H,33,34)(H2,25,26,27)/t17-,19?,20+,23-/m1/s1. The van der Waals surface area contributed by atoms with Gasteiger partial charge in [0, 0.05) is 11.5 Å². The van der Waals surface area contributed by atoms with Crippen molar-refractivity contribution in [1.29, 1.82) is 0 Å². The summed E-state index contributed by atoms with van der Waals surface area (Å²) in [4.78, 5) is 23.9. The molecule has 4 atom stereocenters. The molecule has 1 saturated heterocycles. The second-order valence-corrected chi connectivity index (χ2v) is 9.45. The van der Waals surface area contributed by atoms with Crippen LogP contribution in [0.1, 0.15) is 22.1 Å². The van der Waals surface area contributed by atoms with E-state index < -0.39 is 30.5 Å². The highest BCUT2D eigenvalue weighted by atomic mass is 32.2. The number of aromatic nitrogens is 4. The fourth-order valence-corrected chi connectivity index (χ4v) is 5.19. The maximum atomic E-state index is 11.7. The molecule has 2 aromatic heterocycles. The van der Waals surface area contributed by atoms with Crippen molar-refractivity contribution in [3.05, 3.63) is 66.2 Å². The lowest BCUT2D eigenvalue weighted by Gasteiger charge is -2.16. The first-order valence-electron chi connectivity index (χ1n) is 11.0. The van der Waals surface area contributed by atoms with E-state index in [9.17, 15) is 25.2 Å². The van der Waals surface area contributed by atoms with Crippen LogP contribution in [0.4, 0.5) is 5.82 Å². The average molecular weight is 510 g/mol. The first kappa shape index (κ1) is 24.0. The van der Waals surface area contributed by atoms with Crippen LogP contribution in [0, 0.1) is 0 Å². The third-order valence-electron chi connectivity index (χ3n) is 5.99. The third-order valence-corrected chi connectivity index (χ3v) is 7.09. The molecule has 4 aromatic rings. The number of nitrogens with zero attached hydrogens (tertiary/aromatic N) is 4. The molecule has 2 aromatic carbocycles. The lowest BCUT2D eigenvalue weighted by molar-refractivity contribution is -0.0289. The smallest absolute Gasteiger partial charge is 0.335 e. The fourth-order valence-electron chi connectivity index (χ4n) is 4.17. The van der Waals surface area contributed by atoms with Crippen LogP contribution in [0.2, 0.25) is 0 Å². The minimum Gasteiger partial charge on any atom is -0.508 e. The Kier molecular flexibility index (Phi) is 6.49. The van der Waals surface area contributed by atoms with E-state index in [1.54, 1.807) is 36.4 Å². The van der Waals surface area contributed by atoms with Gasteiger partial charge in [0.2, 0.25) is 0 Å². The second kappa shape index (κ2) is 9.74. The maximum Gasteiger partial charge on any atom is 0.335 e. The number of benzene rings is 2. The van der Waals surface area contributed by atoms with Gasteiger partial charge in [-0.1, -0.05) is 18.2 Å². The monoisotopic (exact) mass is 509 g/mol. The molecule has 0 radical (unpaired) electrons. The fraction of sp³-hybridized carbons (Fsp3) is 0.250. The Labute approximate surface area is 209 Å². The van der Waals surface area contributed by atoms with Gasteiger partial charge in [-0.25, -0.2) is 19.7 Å². The Morgan fingerprint density at radius 2 is 1.83 bits per heavy atom. The van der Waals surface area contributed by atoms with E-state index in [0.29, 0.717) is 28.2 Å². The topological polar surface area (TPSA) is 177 Å². The molecule has 1 aliphatic rings. The number of fused-ring (bicyclic) bond motifs is 1. The van der Waals surface area contributed by atoms with Crippen LogP contribution < -0.4 is 5.73 Å². The van der Waals surface area contributed by atoms with E-state index in [2.05, 4.69) is 15.0 Å². The summed E-state index contributed by atoms with van der Waals surface area (Å²) in [6.45, 7) is 0. The quantitative estimate of drug-likeness (QED) is 0.246. The number of imidazole rings is 1. The summed E-state index contributed by atoms with van der Waals surface area (Å²) in [6.07, 6.45) is -1.20. The molecule has 12 heteroatoms. The van der Waals surface area contributed by atoms with Gasteiger partial charge in [-0.2, -0.15) is 11.8 Å². The zero-order valence-corrected chi connectivity index (χ0v) is 19.6. The van der Waals surface area contributed by atoms with Crippen molar-refractivity contribution in [2.45, 2.75) is 30.3 Å². The van der Waals surface area contributed by atoms with Gasteiger partial charge in [0.25, 0.3) is 0 Å². The molecule has 5 rings (SSSR count). The zero-order valence-electron chi connectivity index (χ0n) is 18.8. The predicted molar refractivity (Wildman–Crippen MR) is 132 cm³/mol. The number of carbonyl (C=O) groups is 1. The van der Waals surface area contributed by atoms with E-state index in [0.717, 1.165) is 11.1 Å². The van der Waals surface area contributed by atoms with E-state index in [4.69, 9.17) is 10.5 Å². The number of nitrogens with two attached hydrogens (primary N) is 1. The van der Waals surface area contributed by atoms with Crippen LogP contribution in [-0.4, -0.2) is 70.0 Å². The number of thioether (sulfide) groups is 1. The molecule has 1 unspecified atom stereocenters. The van der Waals surface area contributed by atoms with Crippen molar-refractivity contribution < 1.29 is 30.0 Å². The summed E-state index contributed by atoms with van der Waals surface area (Å²) in [7, 11) is 0. The summed E-state index contributed by atoms with van der Waals surface area (Å²) < 4.78 is 7.49. The van der Waals surface area contributed by atoms with Crippen LogP contribution in [0.3, 0.4) is 0 Å². The summed E-state index contributed by atoms with van der Waals surface area (Å²) in [6, 6.07) is 11.6. The van der Waals surface area contributed by atoms with Gasteiger partial charge >= 0.3 is 5.97 Å². The van der Waals surface area contributed by atoms with Gasteiger partial charge in [-0.15, -0.1) is 0 Å². The number of nitrogen functional groups attached to an aromatic ring is 1. The summed E-state index contributed by atoms with van der Waals surface area (Å²) >= 11 is 1.44. The summed E-state index contributed by atoms with van der Waals surface area (Å²) in [5.74, 6) is 0.0921. The normalized spacial score (nSPS) is 21.7. The lowest BCUT2D eigenvalue weighted by Crippen LogP contribution is -2.32. The van der Waals surface area contributed by atoms with Crippen molar-refractivity contribution in [3.8, 4) is 16.9 Å². The van der Waals surface area contributed by atoms with Crippen molar-refractivity contribution in [2.75, 3.05) is 11.5 Å². The highest BCUT2D eigenvalue weighted by Gasteiger charge is 2.44. The Morgan fingerprint density at radius 3 is 2.58 bits per heavy atom. The molecule has 6 N–H and O–H groups in total. The first-order valence-corrected chi connectivity index (χ1v) is 12.2. The van der Waals surface area contributed by atoms with Crippen molar-refractivity contribution in [1.82, 2.24) is 19.5 Å². The molecule has 0 aliphatic carbocycles. The molecule has 3 heterocycles. The number of carboxylic acid groups (broad SMARTS) is 1. The SMILES string of the molecule is Nc1ncnc2c1ncn2[C@@H]1O[C@H](CSCc2cc(C(=O)O)cc(-c3ccc(O)cc3)c2)C(O)[C@@H]1O. The molecule has 0 amide bonds. The van der Waals surface area contributed by atoms with Gasteiger partial charge in [0.15, 0.2) is 17.7 Å². The number of aromatic carboxylic acids is 1. The number of hydrogen-bond acceptors (Lipinski definition) is 10. The van der Waals surface area contributed by atoms with Crippen LogP contribution >= 0.6 is 11.8 Å². The van der Waals surface area contributed by atoms with E-state index >= 15 is 0 Å². The highest BCUT2D eigenvalue weighted by molar-refractivity contribution is 7.98. The van der Waals surface area contributed by atoms with E-state index in [1.807, 2.05) is 6.07 Å². The summed E-state index contributed by atoms with van der Waals surface area (Å²) in [5.41, 5.74) is 9.02. The Hall–Kier alpha value is -3.71. The third kappa shape index (κ3) is 4.58. The number of phenolic OH excluding ortho intramolecular Hbond substituents is 1. The molecule has 1 fully saturated rings. The second-order valence-electron chi connectivity index (χ2n) is 8.42. The Morgan fingerprint density at radius 1 is 1.06 bits per heavy atom. The van der Waals surface area contributed by atoms with Gasteiger partial charge in [-0.05, 0) is 41.0 Å². The van der Waals surface area contributed by atoms with Crippen LogP contribution in [0.5, 0.6) is 5.75 Å². The lowest BCUT2D eigenvalue weighted by atomic mass is 10.0. The van der Waals surface area contributed by atoms with Crippen LogP contribution in [0.15, 0.2) is 55.1 Å². The molecule has 0 saturated carbocycles. The largest absolute Gasteiger partial charge is 0.508 e. The number of anilines is 1. The van der Waals surface area contributed by atoms with Gasteiger partial charge in [0.1, 0.15) is 29.8 Å². The number of rotatable bonds is 7. The number of aliphatic hydroxyl groups is 2. The van der Waals surface area contributed by atoms with Crippen LogP contribution in [-0.2, 0) is 10.5 Å². The Balaban J connectivity index is 1.29. The molecular formula is C24H23N5O6S. The Bertz CT molecular complexity index is 1410. The predicted octanol–water partition coefficient (Wildman–Crippen LogP) is 2.03. The average Bonchev–Trinajstić information content (AvgIpc) is 3.41. The number of ether oxygens (including phenoxy) is 1. The molecule has 186 valence electrons. The molecular weight excluding hydrogens is 486 g/mol. The van der Waals surface area contributed by atoms with Crippen molar-refractivity contribution >= 4 is 34.7 Å². The van der Waals surface area contributed by atoms with Crippen molar-refractivity contribution in [2.24, 2.45) is 0 Å². The van der Waals surface area contributed by atoms with Gasteiger partial charge in [0.05, 0.1) is 18.0 Å². The van der Waals surface area contributed by atoms with E-state index in [-0.39, 0.29) is 17.1 Å². The highest BCUT2D eigenvalue weighted by Crippen LogP contribution is 2.34. The number of aliphatic hydroxyl groups excluding tert-OH is 2. The first-order chi connectivity index (χ1) is 17.3. The van der Waals surface area contributed by atoms with Crippen molar-refractivity contribution in [3.63, 3.8) is 0 Å². The zero-order chi connectivity index (χ0) is 25.4.